The minimum Gasteiger partial charge on any atom is -0.381 e. The highest BCUT2D eigenvalue weighted by atomic mass is 35.5. The number of ether oxygens (including phenoxy) is 2. The van der Waals surface area contributed by atoms with E-state index in [0.29, 0.717) is 5.92 Å². The van der Waals surface area contributed by atoms with Gasteiger partial charge in [0.15, 0.2) is 0 Å². The normalized spacial score (nSPS) is 34.8. The predicted molar refractivity (Wildman–Crippen MR) is 62.4 cm³/mol. The van der Waals surface area contributed by atoms with Crippen molar-refractivity contribution >= 4 is 12.4 Å². The zero-order valence-electron chi connectivity index (χ0n) is 9.62. The van der Waals surface area contributed by atoms with Crippen LogP contribution in [0, 0.1) is 5.92 Å². The first kappa shape index (κ1) is 13.2. The Labute approximate surface area is 98.3 Å². The van der Waals surface area contributed by atoms with Gasteiger partial charge in [0.1, 0.15) is 6.23 Å². The minimum absolute atomic E-state index is 0. The Kier molecular flexibility index (Phi) is 4.84. The van der Waals surface area contributed by atoms with Gasteiger partial charge in [-0.2, -0.15) is 0 Å². The molecule has 0 aromatic heterocycles. The molecule has 90 valence electrons. The largest absolute Gasteiger partial charge is 0.381 e. The molecule has 2 aliphatic rings. The van der Waals surface area contributed by atoms with Gasteiger partial charge in [-0.05, 0) is 39.0 Å². The summed E-state index contributed by atoms with van der Waals surface area (Å²) < 4.78 is 11.2. The summed E-state index contributed by atoms with van der Waals surface area (Å²) in [6.07, 6.45) is 3.85. The molecule has 0 saturated carbocycles. The second kappa shape index (κ2) is 5.48. The summed E-state index contributed by atoms with van der Waals surface area (Å²) in [6.45, 7) is 7.06. The molecule has 0 aliphatic carbocycles. The average molecular weight is 236 g/mol. The van der Waals surface area contributed by atoms with E-state index < -0.39 is 0 Å². The summed E-state index contributed by atoms with van der Waals surface area (Å²) in [5.41, 5.74) is 0.153. The van der Waals surface area contributed by atoms with Gasteiger partial charge in [0, 0.05) is 18.8 Å². The number of rotatable bonds is 2. The van der Waals surface area contributed by atoms with Crippen molar-refractivity contribution in [2.24, 2.45) is 5.92 Å². The van der Waals surface area contributed by atoms with Gasteiger partial charge in [-0.3, -0.25) is 5.32 Å². The average Bonchev–Trinajstić information content (AvgIpc) is 2.47. The van der Waals surface area contributed by atoms with E-state index in [2.05, 4.69) is 19.2 Å². The monoisotopic (exact) mass is 235 g/mol. The Morgan fingerprint density at radius 1 is 1.40 bits per heavy atom. The molecule has 2 unspecified atom stereocenters. The minimum atomic E-state index is 0. The van der Waals surface area contributed by atoms with Crippen LogP contribution in [0.3, 0.4) is 0 Å². The molecule has 2 fully saturated rings. The molecule has 0 radical (unpaired) electrons. The van der Waals surface area contributed by atoms with Gasteiger partial charge < -0.3 is 9.47 Å². The maximum Gasteiger partial charge on any atom is 0.109 e. The molecular formula is C11H22ClNO2. The second-order valence-electron chi connectivity index (χ2n) is 5.15. The van der Waals surface area contributed by atoms with Crippen LogP contribution in [0.4, 0.5) is 0 Å². The smallest absolute Gasteiger partial charge is 0.109 e. The molecule has 4 heteroatoms. The van der Waals surface area contributed by atoms with Gasteiger partial charge in [-0.15, -0.1) is 12.4 Å². The first-order valence-electron chi connectivity index (χ1n) is 5.63. The zero-order chi connectivity index (χ0) is 10.0. The molecule has 0 amide bonds. The van der Waals surface area contributed by atoms with E-state index in [4.69, 9.17) is 9.47 Å². The predicted octanol–water partition coefficient (Wildman–Crippen LogP) is 1.95. The molecule has 0 bridgehead atoms. The van der Waals surface area contributed by atoms with Crippen molar-refractivity contribution in [3.05, 3.63) is 0 Å². The van der Waals surface area contributed by atoms with Crippen molar-refractivity contribution in [1.82, 2.24) is 5.32 Å². The fraction of sp³-hybridized carbons (Fsp3) is 1.00. The first-order valence-corrected chi connectivity index (χ1v) is 5.63. The fourth-order valence-corrected chi connectivity index (χ4v) is 2.25. The van der Waals surface area contributed by atoms with Gasteiger partial charge in [0.2, 0.25) is 0 Å². The highest BCUT2D eigenvalue weighted by molar-refractivity contribution is 5.85. The number of nitrogens with one attached hydrogen (secondary N) is 1. The van der Waals surface area contributed by atoms with E-state index in [1.165, 1.54) is 12.8 Å². The molecule has 15 heavy (non-hydrogen) atoms. The van der Waals surface area contributed by atoms with Crippen LogP contribution in [0.15, 0.2) is 0 Å². The Balaban J connectivity index is 0.00000112. The number of hydrogen-bond acceptors (Lipinski definition) is 3. The molecular weight excluding hydrogens is 214 g/mol. The van der Waals surface area contributed by atoms with Gasteiger partial charge in [-0.25, -0.2) is 0 Å². The third-order valence-corrected chi connectivity index (χ3v) is 3.00. The summed E-state index contributed by atoms with van der Waals surface area (Å²) >= 11 is 0. The number of halogens is 1. The highest BCUT2D eigenvalue weighted by Gasteiger charge is 2.32. The Bertz CT molecular complexity index is 193. The lowest BCUT2D eigenvalue weighted by molar-refractivity contribution is 0.0162. The van der Waals surface area contributed by atoms with Crippen LogP contribution >= 0.6 is 12.4 Å². The molecule has 2 saturated heterocycles. The van der Waals surface area contributed by atoms with Gasteiger partial charge in [0.25, 0.3) is 0 Å². The van der Waals surface area contributed by atoms with E-state index in [1.54, 1.807) is 0 Å². The van der Waals surface area contributed by atoms with Gasteiger partial charge in [0.05, 0.1) is 6.61 Å². The van der Waals surface area contributed by atoms with Crippen LogP contribution in [0.1, 0.15) is 33.1 Å². The van der Waals surface area contributed by atoms with Crippen molar-refractivity contribution in [2.45, 2.75) is 44.9 Å². The van der Waals surface area contributed by atoms with Crippen LogP contribution in [-0.4, -0.2) is 31.6 Å². The summed E-state index contributed by atoms with van der Waals surface area (Å²) in [6, 6.07) is 0. The zero-order valence-corrected chi connectivity index (χ0v) is 10.4. The summed E-state index contributed by atoms with van der Waals surface area (Å²) in [5.74, 6) is 0.690. The van der Waals surface area contributed by atoms with Crippen LogP contribution in [-0.2, 0) is 9.47 Å². The molecule has 2 heterocycles. The van der Waals surface area contributed by atoms with Crippen molar-refractivity contribution in [1.29, 1.82) is 0 Å². The first-order chi connectivity index (χ1) is 6.66. The summed E-state index contributed by atoms with van der Waals surface area (Å²) in [5, 5.41) is 3.50. The second-order valence-corrected chi connectivity index (χ2v) is 5.15. The third kappa shape index (κ3) is 3.91. The van der Waals surface area contributed by atoms with E-state index in [-0.39, 0.29) is 24.2 Å². The SMILES string of the molecule is CC1(C)COC(CC2CCCOC2)N1.Cl. The lowest BCUT2D eigenvalue weighted by Crippen LogP contribution is -2.40. The lowest BCUT2D eigenvalue weighted by Gasteiger charge is -2.25. The standard InChI is InChI=1S/C11H21NO2.ClH/c1-11(2)8-14-10(12-11)6-9-4-3-5-13-7-9;/h9-10,12H,3-8H2,1-2H3;1H. The van der Waals surface area contributed by atoms with Crippen LogP contribution in [0.2, 0.25) is 0 Å². The maximum absolute atomic E-state index is 5.70. The van der Waals surface area contributed by atoms with Crippen molar-refractivity contribution in [3.8, 4) is 0 Å². The molecule has 0 aromatic rings. The molecule has 2 aliphatic heterocycles. The van der Waals surface area contributed by atoms with Crippen LogP contribution in [0.5, 0.6) is 0 Å². The van der Waals surface area contributed by atoms with Crippen LogP contribution < -0.4 is 5.32 Å². The Hall–Kier alpha value is 0.170. The Morgan fingerprint density at radius 3 is 2.73 bits per heavy atom. The fourth-order valence-electron chi connectivity index (χ4n) is 2.25. The lowest BCUT2D eigenvalue weighted by atomic mass is 9.97. The molecule has 0 spiro atoms. The topological polar surface area (TPSA) is 30.5 Å². The van der Waals surface area contributed by atoms with Crippen molar-refractivity contribution < 1.29 is 9.47 Å². The van der Waals surface area contributed by atoms with E-state index in [1.807, 2.05) is 0 Å². The molecule has 2 atom stereocenters. The quantitative estimate of drug-likeness (QED) is 0.794. The Morgan fingerprint density at radius 2 is 2.20 bits per heavy atom. The third-order valence-electron chi connectivity index (χ3n) is 3.00. The van der Waals surface area contributed by atoms with Crippen molar-refractivity contribution in [3.63, 3.8) is 0 Å². The number of hydrogen-bond donors (Lipinski definition) is 1. The molecule has 1 N–H and O–H groups in total. The van der Waals surface area contributed by atoms with Crippen LogP contribution in [0.25, 0.3) is 0 Å². The highest BCUT2D eigenvalue weighted by Crippen LogP contribution is 2.23. The molecule has 3 nitrogen and oxygen atoms in total. The molecule has 2 rings (SSSR count). The van der Waals surface area contributed by atoms with E-state index in [9.17, 15) is 0 Å². The van der Waals surface area contributed by atoms with Gasteiger partial charge in [-0.1, -0.05) is 0 Å². The summed E-state index contributed by atoms with van der Waals surface area (Å²) in [7, 11) is 0. The van der Waals surface area contributed by atoms with E-state index in [0.717, 1.165) is 26.2 Å². The maximum atomic E-state index is 5.70. The van der Waals surface area contributed by atoms with Gasteiger partial charge >= 0.3 is 0 Å². The van der Waals surface area contributed by atoms with Crippen molar-refractivity contribution in [2.75, 3.05) is 19.8 Å². The molecule has 0 aromatic carbocycles. The van der Waals surface area contributed by atoms with E-state index >= 15 is 0 Å². The summed E-state index contributed by atoms with van der Waals surface area (Å²) in [4.78, 5) is 0.